The van der Waals surface area contributed by atoms with Crippen LogP contribution >= 0.6 is 23.2 Å². The summed E-state index contributed by atoms with van der Waals surface area (Å²) in [5.41, 5.74) is 6.90. The Morgan fingerprint density at radius 3 is 2.92 bits per heavy atom. The highest BCUT2D eigenvalue weighted by Gasteiger charge is 2.17. The van der Waals surface area contributed by atoms with Crippen LogP contribution in [0.2, 0.25) is 10.0 Å². The van der Waals surface area contributed by atoms with Crippen molar-refractivity contribution in [3.8, 4) is 5.75 Å². The van der Waals surface area contributed by atoms with Crippen LogP contribution in [0.4, 0.5) is 11.4 Å². The maximum atomic E-state index is 5.94. The molecule has 1 aliphatic heterocycles. The van der Waals surface area contributed by atoms with Gasteiger partial charge >= 0.3 is 0 Å². The van der Waals surface area contributed by atoms with Crippen LogP contribution in [0.5, 0.6) is 5.75 Å². The van der Waals surface area contributed by atoms with Crippen molar-refractivity contribution in [2.24, 2.45) is 0 Å². The average molecular weight is 219 g/mol. The fourth-order valence-electron chi connectivity index (χ4n) is 1.24. The van der Waals surface area contributed by atoms with Gasteiger partial charge in [-0.15, -0.1) is 0 Å². The van der Waals surface area contributed by atoms with Crippen molar-refractivity contribution in [3.05, 3.63) is 16.1 Å². The lowest BCUT2D eigenvalue weighted by molar-refractivity contribution is 0.323. The van der Waals surface area contributed by atoms with Crippen LogP contribution in [-0.2, 0) is 0 Å². The van der Waals surface area contributed by atoms with Gasteiger partial charge in [0.25, 0.3) is 0 Å². The molecule has 0 aliphatic carbocycles. The quantitative estimate of drug-likeness (QED) is 0.658. The van der Waals surface area contributed by atoms with Gasteiger partial charge < -0.3 is 15.8 Å². The van der Waals surface area contributed by atoms with E-state index in [2.05, 4.69) is 5.32 Å². The first-order valence-corrected chi connectivity index (χ1v) is 4.60. The van der Waals surface area contributed by atoms with Crippen LogP contribution in [0.3, 0.4) is 0 Å². The molecule has 3 nitrogen and oxygen atoms in total. The first-order chi connectivity index (χ1) is 6.20. The van der Waals surface area contributed by atoms with E-state index in [1.165, 1.54) is 0 Å². The van der Waals surface area contributed by atoms with Crippen LogP contribution in [0.1, 0.15) is 0 Å². The zero-order chi connectivity index (χ0) is 9.42. The maximum Gasteiger partial charge on any atom is 0.162 e. The summed E-state index contributed by atoms with van der Waals surface area (Å²) < 4.78 is 5.36. The Balaban J connectivity index is 2.60. The first kappa shape index (κ1) is 8.78. The number of nitrogens with two attached hydrogens (primary N) is 1. The van der Waals surface area contributed by atoms with Crippen molar-refractivity contribution < 1.29 is 4.74 Å². The van der Waals surface area contributed by atoms with Gasteiger partial charge in [-0.2, -0.15) is 0 Å². The van der Waals surface area contributed by atoms with Gasteiger partial charge in [-0.25, -0.2) is 0 Å². The minimum absolute atomic E-state index is 0.351. The fraction of sp³-hybridized carbons (Fsp3) is 0.250. The second-order valence-corrected chi connectivity index (χ2v) is 3.50. The average Bonchev–Trinajstić information content (AvgIpc) is 2.15. The second-order valence-electron chi connectivity index (χ2n) is 2.75. The molecule has 1 aromatic rings. The first-order valence-electron chi connectivity index (χ1n) is 3.84. The molecule has 0 saturated carbocycles. The van der Waals surface area contributed by atoms with E-state index in [-0.39, 0.29) is 0 Å². The molecule has 3 N–H and O–H groups in total. The van der Waals surface area contributed by atoms with E-state index in [4.69, 9.17) is 33.7 Å². The third-order valence-electron chi connectivity index (χ3n) is 1.85. The molecule has 5 heteroatoms. The molecule has 1 heterocycles. The number of nitrogens with one attached hydrogen (secondary N) is 1. The molecule has 0 unspecified atom stereocenters. The van der Waals surface area contributed by atoms with E-state index in [1.54, 1.807) is 6.07 Å². The van der Waals surface area contributed by atoms with Crippen LogP contribution in [0.25, 0.3) is 0 Å². The molecule has 0 bridgehead atoms. The molecule has 0 saturated heterocycles. The van der Waals surface area contributed by atoms with E-state index in [0.29, 0.717) is 28.1 Å². The Bertz CT molecular complexity index is 354. The van der Waals surface area contributed by atoms with Gasteiger partial charge in [-0.05, 0) is 6.07 Å². The summed E-state index contributed by atoms with van der Waals surface area (Å²) in [5.74, 6) is 0.590. The Labute approximate surface area is 85.8 Å². The number of rotatable bonds is 0. The van der Waals surface area contributed by atoms with Crippen LogP contribution in [0.15, 0.2) is 6.07 Å². The topological polar surface area (TPSA) is 47.3 Å². The SMILES string of the molecule is Nc1cc2c(c(Cl)c1Cl)OCCN2. The number of fused-ring (bicyclic) bond motifs is 1. The number of benzene rings is 1. The summed E-state index contributed by atoms with van der Waals surface area (Å²) in [6.45, 7) is 1.34. The van der Waals surface area contributed by atoms with Gasteiger partial charge in [0.1, 0.15) is 11.6 Å². The van der Waals surface area contributed by atoms with Crippen LogP contribution in [0, 0.1) is 0 Å². The lowest BCUT2D eigenvalue weighted by Gasteiger charge is -2.21. The van der Waals surface area contributed by atoms with Gasteiger partial charge in [-0.3, -0.25) is 0 Å². The molecule has 0 aromatic heterocycles. The summed E-state index contributed by atoms with van der Waals surface area (Å²) in [4.78, 5) is 0. The summed E-state index contributed by atoms with van der Waals surface area (Å²) in [7, 11) is 0. The number of anilines is 2. The maximum absolute atomic E-state index is 5.94. The Morgan fingerprint density at radius 2 is 2.15 bits per heavy atom. The molecule has 2 rings (SSSR count). The normalized spacial score (nSPS) is 14.3. The third-order valence-corrected chi connectivity index (χ3v) is 2.72. The van der Waals surface area contributed by atoms with E-state index in [1.807, 2.05) is 0 Å². The van der Waals surface area contributed by atoms with Crippen molar-refractivity contribution in [3.63, 3.8) is 0 Å². The van der Waals surface area contributed by atoms with Crippen molar-refractivity contribution in [2.45, 2.75) is 0 Å². The fourth-order valence-corrected chi connectivity index (χ4v) is 1.65. The monoisotopic (exact) mass is 218 g/mol. The highest BCUT2D eigenvalue weighted by molar-refractivity contribution is 6.45. The van der Waals surface area contributed by atoms with Gasteiger partial charge in [-0.1, -0.05) is 23.2 Å². The predicted octanol–water partition coefficient (Wildman–Crippen LogP) is 2.38. The highest BCUT2D eigenvalue weighted by Crippen LogP contribution is 2.43. The molecule has 1 aliphatic rings. The minimum Gasteiger partial charge on any atom is -0.488 e. The number of hydrogen-bond acceptors (Lipinski definition) is 3. The minimum atomic E-state index is 0.351. The van der Waals surface area contributed by atoms with Crippen LogP contribution in [-0.4, -0.2) is 13.2 Å². The van der Waals surface area contributed by atoms with E-state index in [9.17, 15) is 0 Å². The van der Waals surface area contributed by atoms with Gasteiger partial charge in [0, 0.05) is 6.54 Å². The Hall–Kier alpha value is -0.800. The Morgan fingerprint density at radius 1 is 1.38 bits per heavy atom. The summed E-state index contributed by atoms with van der Waals surface area (Å²) in [5, 5.41) is 3.85. The molecular formula is C8H8Cl2N2O. The lowest BCUT2D eigenvalue weighted by atomic mass is 10.2. The number of hydrogen-bond donors (Lipinski definition) is 2. The smallest absolute Gasteiger partial charge is 0.162 e. The molecule has 0 radical (unpaired) electrons. The van der Waals surface area contributed by atoms with E-state index >= 15 is 0 Å². The van der Waals surface area contributed by atoms with Crippen molar-refractivity contribution in [1.29, 1.82) is 0 Å². The van der Waals surface area contributed by atoms with Crippen LogP contribution < -0.4 is 15.8 Å². The molecule has 0 fully saturated rings. The molecule has 70 valence electrons. The summed E-state index contributed by atoms with van der Waals surface area (Å²) >= 11 is 11.8. The van der Waals surface area contributed by atoms with Gasteiger partial charge in [0.15, 0.2) is 5.75 Å². The van der Waals surface area contributed by atoms with E-state index < -0.39 is 0 Å². The standard InChI is InChI=1S/C8H8Cl2N2O/c9-6-4(11)3-5-8(7(6)10)13-2-1-12-5/h3,12H,1-2,11H2. The number of ether oxygens (including phenoxy) is 1. The largest absolute Gasteiger partial charge is 0.488 e. The number of halogens is 2. The van der Waals surface area contributed by atoms with Gasteiger partial charge in [0.2, 0.25) is 0 Å². The highest BCUT2D eigenvalue weighted by atomic mass is 35.5. The predicted molar refractivity (Wildman–Crippen MR) is 54.9 cm³/mol. The number of nitrogen functional groups attached to an aromatic ring is 1. The molecule has 0 spiro atoms. The van der Waals surface area contributed by atoms with Crippen molar-refractivity contribution in [2.75, 3.05) is 24.2 Å². The van der Waals surface area contributed by atoms with Gasteiger partial charge in [0.05, 0.1) is 16.4 Å². The van der Waals surface area contributed by atoms with Crippen molar-refractivity contribution >= 4 is 34.6 Å². The summed E-state index contributed by atoms with van der Waals surface area (Å²) in [6, 6.07) is 1.72. The third kappa shape index (κ3) is 1.38. The molecule has 1 aromatic carbocycles. The zero-order valence-corrected chi connectivity index (χ0v) is 8.24. The molecule has 0 atom stereocenters. The van der Waals surface area contributed by atoms with E-state index in [0.717, 1.165) is 12.2 Å². The molecular weight excluding hydrogens is 211 g/mol. The molecule has 13 heavy (non-hydrogen) atoms. The zero-order valence-electron chi connectivity index (χ0n) is 6.73. The van der Waals surface area contributed by atoms with Crippen molar-refractivity contribution in [1.82, 2.24) is 0 Å². The molecule has 0 amide bonds. The second kappa shape index (κ2) is 3.16. The lowest BCUT2D eigenvalue weighted by Crippen LogP contribution is -2.18. The Kier molecular flexibility index (Phi) is 2.14. The summed E-state index contributed by atoms with van der Waals surface area (Å²) in [6.07, 6.45) is 0.